The molecule has 3 aromatic carbocycles. The second kappa shape index (κ2) is 40.6. The van der Waals surface area contributed by atoms with E-state index in [1.165, 1.54) is 18.3 Å². The maximum Gasteiger partial charge on any atom is 0.458 e. The summed E-state index contributed by atoms with van der Waals surface area (Å²) in [5.41, 5.74) is -0.547. The van der Waals surface area contributed by atoms with E-state index >= 15 is 0 Å². The van der Waals surface area contributed by atoms with Gasteiger partial charge in [0.05, 0.1) is 20.1 Å². The summed E-state index contributed by atoms with van der Waals surface area (Å²) in [6.45, 7) is 4.50. The molecule has 2 unspecified atom stereocenters. The second-order valence-corrected chi connectivity index (χ2v) is 10.0. The Bertz CT molecular complexity index is 1430. The first-order chi connectivity index (χ1) is 27.9. The van der Waals surface area contributed by atoms with Crippen LogP contribution < -0.4 is 5.32 Å². The topological polar surface area (TPSA) is 83.1 Å². The molecule has 0 spiro atoms. The third-order valence-electron chi connectivity index (χ3n) is 5.45. The van der Waals surface area contributed by atoms with Gasteiger partial charge < -0.3 is 24.9 Å². The average molecular weight is 1130 g/mol. The molecule has 0 saturated heterocycles. The minimum Gasteiger partial charge on any atom is -0.358 e. The number of nitrogens with one attached hydrogen (secondary N) is 1. The number of halogens is 18. The standard InChI is InChI=1S/C13H9F10NO3.2C6H5.C5H7F3O.C3H4F4O.C2H6.CH3FO.2CH3.2Y/c1-26-10(15,12(19,20)21)13(22,23)27-9(14,11(16,17)18)8(25)24-7-5-3-2-4-6-7;2*1-2-4-6-5-3-1;1-2-4(9)3-5(6,7)8;4-3(5,6)1-2-8-7;1-2;1-3-2;;;;/h2-6H,1H3,(H,24,25);2*1-5H;2-3H2,1H3;1-2H2;1-2H3;1H3;2*1H3;;/q;2*-1;;;;;2*-1;;. The fourth-order valence-electron chi connectivity index (χ4n) is 2.79. The van der Waals surface area contributed by atoms with Crippen molar-refractivity contribution in [2.24, 2.45) is 0 Å². The molecule has 374 valence electrons. The van der Waals surface area contributed by atoms with Gasteiger partial charge in [-0.2, -0.15) is 153 Å². The van der Waals surface area contributed by atoms with Gasteiger partial charge in [-0.25, -0.2) is 0 Å². The molecule has 0 heterocycles. The van der Waals surface area contributed by atoms with Crippen LogP contribution in [0.4, 0.5) is 85.0 Å². The zero-order chi connectivity index (χ0) is 48.6. The molecule has 0 aliphatic heterocycles. The molecule has 0 saturated carbocycles. The minimum atomic E-state index is -6.65. The summed E-state index contributed by atoms with van der Waals surface area (Å²) in [5, 5.41) is 1.18. The number of ketones is 1. The van der Waals surface area contributed by atoms with Crippen LogP contribution in [0.1, 0.15) is 40.0 Å². The Hall–Kier alpha value is -2.41. The Balaban J connectivity index is -0.000000117. The molecule has 0 aliphatic carbocycles. The number of rotatable bonds is 10. The zero-order valence-corrected chi connectivity index (χ0v) is 41.1. The first-order valence-corrected chi connectivity index (χ1v) is 16.3. The number of hydrogen-bond donors (Lipinski definition) is 1. The van der Waals surface area contributed by atoms with E-state index in [0.29, 0.717) is 0 Å². The predicted molar refractivity (Wildman–Crippen MR) is 194 cm³/mol. The van der Waals surface area contributed by atoms with Crippen molar-refractivity contribution >= 4 is 17.4 Å². The summed E-state index contributed by atoms with van der Waals surface area (Å²) in [4.78, 5) is 27.1. The van der Waals surface area contributed by atoms with Gasteiger partial charge in [0.15, 0.2) is 0 Å². The van der Waals surface area contributed by atoms with Crippen molar-refractivity contribution in [2.45, 2.75) is 82.6 Å². The minimum absolute atomic E-state index is 0. The smallest absolute Gasteiger partial charge is 0.358 e. The van der Waals surface area contributed by atoms with Crippen molar-refractivity contribution in [3.05, 3.63) is 118 Å². The van der Waals surface area contributed by atoms with Crippen LogP contribution in [0.25, 0.3) is 0 Å². The summed E-state index contributed by atoms with van der Waals surface area (Å²) in [5.74, 6) is -16.0. The van der Waals surface area contributed by atoms with Crippen LogP contribution in [-0.4, -0.2) is 75.0 Å². The van der Waals surface area contributed by atoms with Crippen molar-refractivity contribution in [2.75, 3.05) is 26.1 Å². The number of amides is 1. The van der Waals surface area contributed by atoms with Crippen LogP contribution in [0.15, 0.2) is 91.0 Å². The van der Waals surface area contributed by atoms with Crippen molar-refractivity contribution in [3.63, 3.8) is 0 Å². The number of benzene rings is 3. The molecule has 0 aliphatic rings. The Labute approximate surface area is 415 Å². The van der Waals surface area contributed by atoms with Crippen LogP contribution in [0.3, 0.4) is 0 Å². The molecule has 27 heteroatoms. The van der Waals surface area contributed by atoms with Crippen molar-refractivity contribution in [1.29, 1.82) is 0 Å². The maximum atomic E-state index is 14.1. The van der Waals surface area contributed by atoms with E-state index in [2.05, 4.69) is 31.5 Å². The van der Waals surface area contributed by atoms with Crippen molar-refractivity contribution < 1.29 is 174 Å². The molecule has 1 amide bonds. The average Bonchev–Trinajstić information content (AvgIpc) is 3.18. The van der Waals surface area contributed by atoms with E-state index in [-0.39, 0.29) is 93.8 Å². The summed E-state index contributed by atoms with van der Waals surface area (Å²) in [6.07, 6.45) is -31.1. The molecule has 65 heavy (non-hydrogen) atoms. The third-order valence-corrected chi connectivity index (χ3v) is 5.45. The van der Waals surface area contributed by atoms with E-state index < -0.39 is 79.3 Å². The fourth-order valence-corrected chi connectivity index (χ4v) is 2.79. The zero-order valence-electron chi connectivity index (χ0n) is 35.4. The fraction of sp³-hybridized carbons (Fsp3) is 0.421. The van der Waals surface area contributed by atoms with Gasteiger partial charge in [0, 0.05) is 84.6 Å². The third kappa shape index (κ3) is 38.3. The summed E-state index contributed by atoms with van der Waals surface area (Å²) in [6, 6.07) is 30.4. The first kappa shape index (κ1) is 79.7. The Morgan fingerprint density at radius 1 is 0.615 bits per heavy atom. The molecule has 2 radical (unpaired) electrons. The molecule has 0 aromatic heterocycles. The number of para-hydroxylation sites is 1. The normalized spacial score (nSPS) is 12.3. The van der Waals surface area contributed by atoms with Crippen LogP contribution in [0.2, 0.25) is 0 Å². The monoisotopic (exact) mass is 1130 g/mol. The van der Waals surface area contributed by atoms with Gasteiger partial charge in [-0.3, -0.25) is 14.3 Å². The van der Waals surface area contributed by atoms with Gasteiger partial charge >= 0.3 is 42.5 Å². The van der Waals surface area contributed by atoms with E-state index in [9.17, 15) is 88.9 Å². The summed E-state index contributed by atoms with van der Waals surface area (Å²) in [7, 11) is 0.683. The van der Waals surface area contributed by atoms with E-state index in [0.717, 1.165) is 31.4 Å². The molecule has 2 atom stereocenters. The van der Waals surface area contributed by atoms with Gasteiger partial charge in [-0.05, 0) is 21.2 Å². The molecule has 3 rings (SSSR count). The number of anilines is 1. The van der Waals surface area contributed by atoms with E-state index in [1.807, 2.05) is 74.5 Å². The molecule has 0 fully saturated rings. The van der Waals surface area contributed by atoms with Gasteiger partial charge in [0.1, 0.15) is 12.2 Å². The van der Waals surface area contributed by atoms with E-state index in [1.54, 1.807) is 0 Å². The molecule has 0 bridgehead atoms. The largest absolute Gasteiger partial charge is 0.458 e. The molecule has 7 nitrogen and oxygen atoms in total. The summed E-state index contributed by atoms with van der Waals surface area (Å²) >= 11 is 0. The van der Waals surface area contributed by atoms with Gasteiger partial charge in [0.25, 0.3) is 5.91 Å². The van der Waals surface area contributed by atoms with Gasteiger partial charge in [0.2, 0.25) is 0 Å². The van der Waals surface area contributed by atoms with Crippen LogP contribution >= 0.6 is 0 Å². The molecule has 1 N–H and O–H groups in total. The Morgan fingerprint density at radius 3 is 1.18 bits per heavy atom. The molecular formula is C38H45F18NO6Y2-4. The van der Waals surface area contributed by atoms with Crippen LogP contribution in [0.5, 0.6) is 0 Å². The Kier molecular flexibility index (Phi) is 49.8. The van der Waals surface area contributed by atoms with Gasteiger partial charge in [-0.1, -0.05) is 39.0 Å². The number of Topliss-reactive ketones (excluding diaryl/α,β-unsaturated/α-hetero) is 1. The summed E-state index contributed by atoms with van der Waals surface area (Å²) < 4.78 is 223. The second-order valence-electron chi connectivity index (χ2n) is 10.0. The van der Waals surface area contributed by atoms with Crippen LogP contribution in [-0.2, 0) is 94.4 Å². The van der Waals surface area contributed by atoms with E-state index in [4.69, 9.17) is 0 Å². The molecular weight excluding hydrogens is 1090 g/mol. The number of hydrogen-bond acceptors (Lipinski definition) is 6. The predicted octanol–water partition coefficient (Wildman–Crippen LogP) is 13.5. The quantitative estimate of drug-likeness (QED) is 0.161. The molecule has 3 aromatic rings. The number of methoxy groups -OCH3 is 1. The van der Waals surface area contributed by atoms with Gasteiger partial charge in [-0.15, -0.1) is 0 Å². The van der Waals surface area contributed by atoms with Crippen molar-refractivity contribution in [3.8, 4) is 0 Å². The number of alkyl halides is 16. The number of carbonyl (C=O) groups is 2. The number of ether oxygens (including phenoxy) is 2. The Morgan fingerprint density at radius 2 is 0.985 bits per heavy atom. The SMILES string of the molecule is CC.CCC(=O)CC(F)(F)F.COC(F)(C(F)(F)F)C(F)(F)OC(F)(C(=O)Nc1ccccc1)C(F)(F)F.COF.FOCCC(F)(F)F.[CH3-].[CH3-].[Y].[Y].[c-]1ccccc1.[c-]1ccccc1. The number of carbonyl (C=O) groups excluding carboxylic acids is 2. The van der Waals surface area contributed by atoms with Crippen molar-refractivity contribution in [1.82, 2.24) is 0 Å². The van der Waals surface area contributed by atoms with Crippen LogP contribution in [0, 0.1) is 27.0 Å². The first-order valence-electron chi connectivity index (χ1n) is 16.3. The maximum absolute atomic E-state index is 14.1.